The fourth-order valence-electron chi connectivity index (χ4n) is 1.93. The molecule has 1 heterocycles. The van der Waals surface area contributed by atoms with E-state index in [-0.39, 0.29) is 0 Å². The third-order valence-corrected chi connectivity index (χ3v) is 7.38. The summed E-state index contributed by atoms with van der Waals surface area (Å²) in [4.78, 5) is -1.75. The van der Waals surface area contributed by atoms with Crippen molar-refractivity contribution in [3.8, 4) is 11.5 Å². The van der Waals surface area contributed by atoms with Crippen molar-refractivity contribution in [3.63, 3.8) is 0 Å². The molecule has 0 fully saturated rings. The van der Waals surface area contributed by atoms with Gasteiger partial charge in [-0.05, 0) is 57.3 Å². The van der Waals surface area contributed by atoms with Crippen molar-refractivity contribution >= 4 is 65.4 Å². The van der Waals surface area contributed by atoms with Crippen LogP contribution < -0.4 is 8.37 Å². The lowest BCUT2D eigenvalue weighted by Crippen LogP contribution is -2.23. The Bertz CT molecular complexity index is 1080. The molecular formula is C12H4F2I2O6S2. The molecule has 0 unspecified atom stereocenters. The van der Waals surface area contributed by atoms with Crippen molar-refractivity contribution in [2.45, 2.75) is 9.79 Å². The van der Waals surface area contributed by atoms with Crippen LogP contribution in [0.1, 0.15) is 0 Å². The van der Waals surface area contributed by atoms with Crippen LogP contribution in [0.2, 0.25) is 0 Å². The zero-order chi connectivity index (χ0) is 17.9. The van der Waals surface area contributed by atoms with Crippen LogP contribution in [0.15, 0.2) is 34.1 Å². The highest BCUT2D eigenvalue weighted by Crippen LogP contribution is 2.42. The maximum atomic E-state index is 14.4. The van der Waals surface area contributed by atoms with Gasteiger partial charge < -0.3 is 8.37 Å². The van der Waals surface area contributed by atoms with Gasteiger partial charge in [-0.25, -0.2) is 8.78 Å². The summed E-state index contributed by atoms with van der Waals surface area (Å²) in [7, 11) is -9.36. The Morgan fingerprint density at radius 2 is 1.46 bits per heavy atom. The molecule has 6 nitrogen and oxygen atoms in total. The van der Waals surface area contributed by atoms with E-state index in [1.807, 2.05) is 0 Å². The van der Waals surface area contributed by atoms with Crippen molar-refractivity contribution < 1.29 is 34.0 Å². The minimum Gasteiger partial charge on any atom is -0.377 e. The molecule has 0 aromatic heterocycles. The molecule has 0 radical (unpaired) electrons. The predicted molar refractivity (Wildman–Crippen MR) is 93.9 cm³/mol. The molecule has 0 atom stereocenters. The normalized spacial score (nSPS) is 17.5. The summed E-state index contributed by atoms with van der Waals surface area (Å²) >= 11 is 2.61. The lowest BCUT2D eigenvalue weighted by Gasteiger charge is -2.20. The fourth-order valence-corrected chi connectivity index (χ4v) is 6.49. The number of para-hydroxylation sites is 1. The molecular weight excluding hydrogens is 596 g/mol. The lowest BCUT2D eigenvalue weighted by molar-refractivity contribution is 0.424. The number of benzene rings is 2. The van der Waals surface area contributed by atoms with Crippen molar-refractivity contribution in [1.82, 2.24) is 0 Å². The van der Waals surface area contributed by atoms with Gasteiger partial charge in [0.25, 0.3) is 0 Å². The largest absolute Gasteiger partial charge is 0.377 e. The van der Waals surface area contributed by atoms with Gasteiger partial charge >= 0.3 is 20.2 Å². The summed E-state index contributed by atoms with van der Waals surface area (Å²) in [5.74, 6) is -4.14. The SMILES string of the molecule is O=S1(=O)Oc2c(I)c(F)c(I)c(F)c2S(=O)(=O)Oc2ccccc21. The van der Waals surface area contributed by atoms with Gasteiger partial charge in [0.1, 0.15) is 4.90 Å². The summed E-state index contributed by atoms with van der Waals surface area (Å²) in [6.07, 6.45) is 0. The average Bonchev–Trinajstić information content (AvgIpc) is 2.49. The van der Waals surface area contributed by atoms with Crippen molar-refractivity contribution in [2.24, 2.45) is 0 Å². The Morgan fingerprint density at radius 1 is 0.833 bits per heavy atom. The van der Waals surface area contributed by atoms with Crippen LogP contribution in [0.3, 0.4) is 0 Å². The topological polar surface area (TPSA) is 86.7 Å². The van der Waals surface area contributed by atoms with Crippen molar-refractivity contribution in [1.29, 1.82) is 0 Å². The summed E-state index contributed by atoms with van der Waals surface area (Å²) in [5, 5.41) is 0. The maximum absolute atomic E-state index is 14.4. The molecule has 0 N–H and O–H groups in total. The van der Waals surface area contributed by atoms with E-state index < -0.39 is 60.3 Å². The Hall–Kier alpha value is -0.740. The molecule has 0 amide bonds. The molecule has 0 bridgehead atoms. The van der Waals surface area contributed by atoms with Crippen LogP contribution in [0, 0.1) is 18.8 Å². The Morgan fingerprint density at radius 3 is 2.12 bits per heavy atom. The zero-order valence-electron chi connectivity index (χ0n) is 11.1. The molecule has 2 aromatic rings. The molecule has 3 rings (SSSR count). The van der Waals surface area contributed by atoms with Crippen molar-refractivity contribution in [3.05, 3.63) is 43.0 Å². The van der Waals surface area contributed by atoms with Crippen LogP contribution in [0.5, 0.6) is 11.5 Å². The highest BCUT2D eigenvalue weighted by Gasteiger charge is 2.39. The van der Waals surface area contributed by atoms with Gasteiger partial charge in [-0.2, -0.15) is 16.8 Å². The third kappa shape index (κ3) is 2.76. The average molecular weight is 600 g/mol. The Kier molecular flexibility index (Phi) is 4.45. The van der Waals surface area contributed by atoms with Crippen LogP contribution in [-0.2, 0) is 20.2 Å². The van der Waals surface area contributed by atoms with E-state index in [0.717, 1.165) is 12.1 Å². The number of fused-ring (bicyclic) bond motifs is 2. The Labute approximate surface area is 162 Å². The van der Waals surface area contributed by atoms with Gasteiger partial charge in [0.2, 0.25) is 0 Å². The van der Waals surface area contributed by atoms with Crippen LogP contribution in [0.4, 0.5) is 8.78 Å². The van der Waals surface area contributed by atoms with Gasteiger partial charge in [0, 0.05) is 0 Å². The minimum absolute atomic E-state index is 0.497. The fraction of sp³-hybridized carbons (Fsp3) is 0. The highest BCUT2D eigenvalue weighted by molar-refractivity contribution is 14.1. The molecule has 128 valence electrons. The van der Waals surface area contributed by atoms with E-state index in [0.29, 0.717) is 0 Å². The van der Waals surface area contributed by atoms with Crippen LogP contribution in [-0.4, -0.2) is 16.8 Å². The van der Waals surface area contributed by atoms with E-state index in [9.17, 15) is 25.6 Å². The maximum Gasteiger partial charge on any atom is 0.346 e. The van der Waals surface area contributed by atoms with Crippen LogP contribution >= 0.6 is 45.2 Å². The Balaban J connectivity index is 2.46. The van der Waals surface area contributed by atoms with E-state index in [4.69, 9.17) is 8.37 Å². The number of halogens is 4. The quantitative estimate of drug-likeness (QED) is 0.200. The molecule has 24 heavy (non-hydrogen) atoms. The van der Waals surface area contributed by atoms with E-state index in [1.54, 1.807) is 0 Å². The van der Waals surface area contributed by atoms with E-state index in [1.165, 1.54) is 57.3 Å². The number of hydrogen-bond acceptors (Lipinski definition) is 6. The summed E-state index contributed by atoms with van der Waals surface area (Å²) in [6.45, 7) is 0. The second kappa shape index (κ2) is 5.91. The van der Waals surface area contributed by atoms with Gasteiger partial charge in [0.15, 0.2) is 28.0 Å². The molecule has 0 aliphatic carbocycles. The molecule has 0 saturated carbocycles. The summed E-state index contributed by atoms with van der Waals surface area (Å²) in [6, 6.07) is 4.78. The second-order valence-corrected chi connectivity index (χ2v) is 9.59. The van der Waals surface area contributed by atoms with Gasteiger partial charge in [0.05, 0.1) is 7.14 Å². The van der Waals surface area contributed by atoms with E-state index in [2.05, 4.69) is 0 Å². The van der Waals surface area contributed by atoms with Gasteiger partial charge in [-0.3, -0.25) is 0 Å². The van der Waals surface area contributed by atoms with Gasteiger partial charge in [-0.15, -0.1) is 0 Å². The highest BCUT2D eigenvalue weighted by atomic mass is 127. The zero-order valence-corrected chi connectivity index (χ0v) is 17.0. The second-order valence-electron chi connectivity index (χ2n) is 4.44. The number of rotatable bonds is 0. The molecule has 0 saturated heterocycles. The first-order chi connectivity index (χ1) is 11.1. The standard InChI is InChI=1S/C12H4F2I2O6S2/c13-7-9(15)8(14)12-11(10(7)16)22-23(17,18)6-4-2-1-3-5(6)21-24(12,19)20/h1-4H. The smallest absolute Gasteiger partial charge is 0.346 e. The molecule has 0 spiro atoms. The predicted octanol–water partition coefficient (Wildman–Crippen LogP) is 3.02. The van der Waals surface area contributed by atoms with Gasteiger partial charge in [-0.1, -0.05) is 12.1 Å². The first kappa shape index (κ1) is 18.1. The summed E-state index contributed by atoms with van der Waals surface area (Å²) in [5.41, 5.74) is 0. The lowest BCUT2D eigenvalue weighted by atomic mass is 10.3. The molecule has 1 aliphatic heterocycles. The van der Waals surface area contributed by atoms with Crippen LogP contribution in [0.25, 0.3) is 0 Å². The molecule has 2 aromatic carbocycles. The summed E-state index contributed by atoms with van der Waals surface area (Å²) < 4.78 is 86.3. The first-order valence-corrected chi connectivity index (χ1v) is 10.9. The van der Waals surface area contributed by atoms with Crippen molar-refractivity contribution in [2.75, 3.05) is 0 Å². The number of hydrogen-bond donors (Lipinski definition) is 0. The third-order valence-electron chi connectivity index (χ3n) is 2.94. The molecule has 12 heteroatoms. The molecule has 1 aliphatic rings. The van der Waals surface area contributed by atoms with E-state index >= 15 is 0 Å². The monoisotopic (exact) mass is 600 g/mol. The minimum atomic E-state index is -4.80. The first-order valence-electron chi connectivity index (χ1n) is 5.90.